The lowest BCUT2D eigenvalue weighted by atomic mass is 9.94. The lowest BCUT2D eigenvalue weighted by molar-refractivity contribution is 0.103. The van der Waals surface area contributed by atoms with Gasteiger partial charge in [-0.2, -0.15) is 0 Å². The average molecular weight is 308 g/mol. The summed E-state index contributed by atoms with van der Waals surface area (Å²) in [6, 6.07) is 5.36. The standard InChI is InChI=1S/C16H15Cl2NO/c1-3-11-7-12(17)4-5-14(11)16(20)15-9-19-8-13(18)6-10(15)2/h4-8H,3,9H2,1-2H3. The van der Waals surface area contributed by atoms with Crippen molar-refractivity contribution < 1.29 is 4.79 Å². The molecule has 2 rings (SSSR count). The summed E-state index contributed by atoms with van der Waals surface area (Å²) in [6.45, 7) is 4.24. The van der Waals surface area contributed by atoms with E-state index in [2.05, 4.69) is 4.99 Å². The number of rotatable bonds is 3. The Balaban J connectivity index is 2.46. The van der Waals surface area contributed by atoms with Gasteiger partial charge in [-0.15, -0.1) is 0 Å². The first kappa shape index (κ1) is 15.0. The van der Waals surface area contributed by atoms with Gasteiger partial charge in [-0.25, -0.2) is 0 Å². The minimum atomic E-state index is -0.00390. The smallest absolute Gasteiger partial charge is 0.191 e. The summed E-state index contributed by atoms with van der Waals surface area (Å²) in [5.74, 6) is -0.00390. The molecular weight excluding hydrogens is 293 g/mol. The maximum atomic E-state index is 12.7. The summed E-state index contributed by atoms with van der Waals surface area (Å²) in [5.41, 5.74) is 3.17. The number of halogens is 2. The van der Waals surface area contributed by atoms with Crippen LogP contribution >= 0.6 is 23.2 Å². The molecule has 1 aromatic carbocycles. The lowest BCUT2D eigenvalue weighted by Gasteiger charge is -2.10. The number of hydrogen-bond donors (Lipinski definition) is 0. The molecule has 2 nitrogen and oxygen atoms in total. The Kier molecular flexibility index (Phi) is 4.79. The number of carbonyl (C=O) groups is 1. The van der Waals surface area contributed by atoms with Crippen molar-refractivity contribution in [1.29, 1.82) is 0 Å². The van der Waals surface area contributed by atoms with Gasteiger partial charge in [-0.05, 0) is 48.8 Å². The van der Waals surface area contributed by atoms with Gasteiger partial charge in [0.05, 0.1) is 11.6 Å². The highest BCUT2D eigenvalue weighted by Gasteiger charge is 2.18. The van der Waals surface area contributed by atoms with E-state index in [1.54, 1.807) is 24.4 Å². The van der Waals surface area contributed by atoms with Crippen LogP contribution in [-0.4, -0.2) is 18.5 Å². The first-order valence-corrected chi connectivity index (χ1v) is 7.18. The first-order chi connectivity index (χ1) is 9.52. The molecule has 4 heteroatoms. The number of ketones is 1. The molecule has 0 amide bonds. The van der Waals surface area contributed by atoms with Gasteiger partial charge in [0.1, 0.15) is 0 Å². The highest BCUT2D eigenvalue weighted by molar-refractivity contribution is 6.39. The van der Waals surface area contributed by atoms with Crippen LogP contribution in [-0.2, 0) is 6.42 Å². The van der Waals surface area contributed by atoms with Crippen LogP contribution in [0.25, 0.3) is 0 Å². The van der Waals surface area contributed by atoms with Gasteiger partial charge in [0.2, 0.25) is 0 Å². The molecule has 0 atom stereocenters. The first-order valence-electron chi connectivity index (χ1n) is 6.42. The Labute approximate surface area is 128 Å². The lowest BCUT2D eigenvalue weighted by Crippen LogP contribution is -2.10. The van der Waals surface area contributed by atoms with Gasteiger partial charge in [0, 0.05) is 22.4 Å². The van der Waals surface area contributed by atoms with Crippen molar-refractivity contribution in [2.24, 2.45) is 4.99 Å². The molecular formula is C16H15Cl2NO. The van der Waals surface area contributed by atoms with E-state index in [0.29, 0.717) is 27.7 Å². The topological polar surface area (TPSA) is 29.4 Å². The summed E-state index contributed by atoms with van der Waals surface area (Å²) in [6.07, 6.45) is 4.11. The Bertz CT molecular complexity index is 642. The molecule has 1 aliphatic heterocycles. The maximum absolute atomic E-state index is 12.7. The van der Waals surface area contributed by atoms with Crippen molar-refractivity contribution in [2.75, 3.05) is 6.54 Å². The van der Waals surface area contributed by atoms with E-state index in [1.165, 1.54) is 0 Å². The second kappa shape index (κ2) is 6.38. The summed E-state index contributed by atoms with van der Waals surface area (Å²) < 4.78 is 0. The molecule has 0 fully saturated rings. The van der Waals surface area contributed by atoms with Crippen molar-refractivity contribution in [3.63, 3.8) is 0 Å². The third kappa shape index (κ3) is 3.20. The van der Waals surface area contributed by atoms with Crippen LogP contribution in [0.4, 0.5) is 0 Å². The highest BCUT2D eigenvalue weighted by atomic mass is 35.5. The molecule has 104 valence electrons. The largest absolute Gasteiger partial charge is 0.289 e. The van der Waals surface area contributed by atoms with Crippen LogP contribution in [0.15, 0.2) is 45.4 Å². The van der Waals surface area contributed by atoms with Crippen molar-refractivity contribution in [3.05, 3.63) is 56.6 Å². The maximum Gasteiger partial charge on any atom is 0.191 e. The van der Waals surface area contributed by atoms with Gasteiger partial charge in [0.15, 0.2) is 5.78 Å². The van der Waals surface area contributed by atoms with E-state index < -0.39 is 0 Å². The fourth-order valence-corrected chi connectivity index (χ4v) is 2.60. The molecule has 0 spiro atoms. The number of hydrogen-bond acceptors (Lipinski definition) is 2. The van der Waals surface area contributed by atoms with E-state index in [0.717, 1.165) is 17.6 Å². The van der Waals surface area contributed by atoms with E-state index in [-0.39, 0.29) is 5.78 Å². The third-order valence-electron chi connectivity index (χ3n) is 3.26. The number of aliphatic imine (C=N–C) groups is 1. The average Bonchev–Trinajstić information content (AvgIpc) is 2.58. The quantitative estimate of drug-likeness (QED) is 0.750. The highest BCUT2D eigenvalue weighted by Crippen LogP contribution is 2.23. The zero-order valence-corrected chi connectivity index (χ0v) is 12.9. The van der Waals surface area contributed by atoms with Crippen LogP contribution in [0.3, 0.4) is 0 Å². The molecule has 0 saturated heterocycles. The summed E-state index contributed by atoms with van der Waals surface area (Å²) in [5, 5.41) is 1.18. The van der Waals surface area contributed by atoms with Gasteiger partial charge < -0.3 is 0 Å². The van der Waals surface area contributed by atoms with E-state index in [4.69, 9.17) is 23.2 Å². The molecule has 1 aromatic rings. The minimum absolute atomic E-state index is 0.00390. The van der Waals surface area contributed by atoms with Gasteiger partial charge >= 0.3 is 0 Å². The van der Waals surface area contributed by atoms with Crippen molar-refractivity contribution in [1.82, 2.24) is 0 Å². The van der Waals surface area contributed by atoms with Crippen LogP contribution < -0.4 is 0 Å². The fraction of sp³-hybridized carbons (Fsp3) is 0.250. The number of Topliss-reactive ketones (excluding diaryl/α,β-unsaturated/α-hetero) is 1. The Morgan fingerprint density at radius 2 is 2.10 bits per heavy atom. The summed E-state index contributed by atoms with van der Waals surface area (Å²) in [4.78, 5) is 16.9. The van der Waals surface area contributed by atoms with Gasteiger partial charge in [-0.1, -0.05) is 30.1 Å². The molecule has 0 bridgehead atoms. The Hall–Kier alpha value is -1.38. The number of allylic oxidation sites excluding steroid dienone is 3. The molecule has 0 N–H and O–H groups in total. The molecule has 0 saturated carbocycles. The second-order valence-corrected chi connectivity index (χ2v) is 5.52. The zero-order chi connectivity index (χ0) is 14.7. The number of aryl methyl sites for hydroxylation is 1. The predicted molar refractivity (Wildman–Crippen MR) is 85.2 cm³/mol. The molecule has 1 heterocycles. The number of nitrogens with zero attached hydrogens (tertiary/aromatic N) is 1. The van der Waals surface area contributed by atoms with Gasteiger partial charge in [-0.3, -0.25) is 9.79 Å². The molecule has 0 aromatic heterocycles. The van der Waals surface area contributed by atoms with Crippen molar-refractivity contribution >= 4 is 35.2 Å². The third-order valence-corrected chi connectivity index (χ3v) is 3.70. The van der Waals surface area contributed by atoms with Gasteiger partial charge in [0.25, 0.3) is 0 Å². The zero-order valence-electron chi connectivity index (χ0n) is 11.4. The molecule has 0 aliphatic carbocycles. The minimum Gasteiger partial charge on any atom is -0.289 e. The fourth-order valence-electron chi connectivity index (χ4n) is 2.17. The number of carbonyl (C=O) groups excluding carboxylic acids is 1. The SMILES string of the molecule is CCc1cc(Cl)ccc1C(=O)C1=C(C)C=C(Cl)C=NC1. The van der Waals surface area contributed by atoms with E-state index in [9.17, 15) is 4.79 Å². The monoisotopic (exact) mass is 307 g/mol. The van der Waals surface area contributed by atoms with Crippen molar-refractivity contribution in [3.8, 4) is 0 Å². The van der Waals surface area contributed by atoms with Crippen LogP contribution in [0.1, 0.15) is 29.8 Å². The predicted octanol–water partition coefficient (Wildman–Crippen LogP) is 4.61. The van der Waals surface area contributed by atoms with Crippen LogP contribution in [0.2, 0.25) is 5.02 Å². The van der Waals surface area contributed by atoms with E-state index in [1.807, 2.05) is 19.9 Å². The normalized spacial score (nSPS) is 15.1. The Morgan fingerprint density at radius 1 is 1.35 bits per heavy atom. The number of benzene rings is 1. The molecule has 0 unspecified atom stereocenters. The summed E-state index contributed by atoms with van der Waals surface area (Å²) >= 11 is 11.9. The molecule has 20 heavy (non-hydrogen) atoms. The molecule has 0 radical (unpaired) electrons. The second-order valence-electron chi connectivity index (χ2n) is 4.64. The van der Waals surface area contributed by atoms with Crippen LogP contribution in [0.5, 0.6) is 0 Å². The Morgan fingerprint density at radius 3 is 2.80 bits per heavy atom. The summed E-state index contributed by atoms with van der Waals surface area (Å²) in [7, 11) is 0. The molecule has 1 aliphatic rings. The van der Waals surface area contributed by atoms with Crippen molar-refractivity contribution in [2.45, 2.75) is 20.3 Å². The van der Waals surface area contributed by atoms with E-state index >= 15 is 0 Å². The van der Waals surface area contributed by atoms with Crippen LogP contribution in [0, 0.1) is 0 Å².